The summed E-state index contributed by atoms with van der Waals surface area (Å²) >= 11 is 0. The second-order valence-electron chi connectivity index (χ2n) is 3.66. The van der Waals surface area contributed by atoms with E-state index in [1.807, 2.05) is 41.1 Å². The van der Waals surface area contributed by atoms with Crippen molar-refractivity contribution in [3.8, 4) is 0 Å². The molecule has 1 heterocycles. The van der Waals surface area contributed by atoms with Crippen molar-refractivity contribution in [3.63, 3.8) is 0 Å². The minimum absolute atomic E-state index is 0.391. The van der Waals surface area contributed by atoms with Gasteiger partial charge in [-0.3, -0.25) is 4.79 Å². The SMILES string of the molecule is COC(=O)C(N)Cn1ccc2ccccc21. The van der Waals surface area contributed by atoms with Crippen LogP contribution >= 0.6 is 0 Å². The number of hydrogen-bond donors (Lipinski definition) is 1. The quantitative estimate of drug-likeness (QED) is 0.786. The van der Waals surface area contributed by atoms with Gasteiger partial charge in [0.1, 0.15) is 6.04 Å². The van der Waals surface area contributed by atoms with Crippen LogP contribution in [0.3, 0.4) is 0 Å². The average molecular weight is 218 g/mol. The number of carbonyl (C=O) groups is 1. The molecule has 0 saturated heterocycles. The van der Waals surface area contributed by atoms with Gasteiger partial charge in [-0.15, -0.1) is 0 Å². The molecule has 4 nitrogen and oxygen atoms in total. The lowest BCUT2D eigenvalue weighted by Crippen LogP contribution is -2.35. The molecule has 0 fully saturated rings. The molecule has 0 bridgehead atoms. The highest BCUT2D eigenvalue weighted by Crippen LogP contribution is 2.15. The predicted octanol–water partition coefficient (Wildman–Crippen LogP) is 1.14. The van der Waals surface area contributed by atoms with E-state index < -0.39 is 12.0 Å². The number of methoxy groups -OCH3 is 1. The Morgan fingerprint density at radius 1 is 1.44 bits per heavy atom. The van der Waals surface area contributed by atoms with E-state index in [1.54, 1.807) is 0 Å². The molecule has 0 saturated carbocycles. The lowest BCUT2D eigenvalue weighted by molar-refractivity contribution is -0.142. The summed E-state index contributed by atoms with van der Waals surface area (Å²) in [5, 5.41) is 1.14. The van der Waals surface area contributed by atoms with Gasteiger partial charge in [0.2, 0.25) is 0 Å². The third-order valence-corrected chi connectivity index (χ3v) is 2.58. The molecular formula is C12H14N2O2. The first kappa shape index (κ1) is 10.7. The number of esters is 1. The van der Waals surface area contributed by atoms with E-state index in [1.165, 1.54) is 7.11 Å². The maximum absolute atomic E-state index is 11.2. The maximum Gasteiger partial charge on any atom is 0.324 e. The Balaban J connectivity index is 2.24. The van der Waals surface area contributed by atoms with E-state index >= 15 is 0 Å². The van der Waals surface area contributed by atoms with E-state index in [4.69, 9.17) is 5.73 Å². The van der Waals surface area contributed by atoms with Crippen molar-refractivity contribution in [1.82, 2.24) is 4.57 Å². The Bertz CT molecular complexity index is 504. The maximum atomic E-state index is 11.2. The fourth-order valence-corrected chi connectivity index (χ4v) is 1.74. The molecule has 1 aromatic carbocycles. The van der Waals surface area contributed by atoms with Crippen LogP contribution in [0.5, 0.6) is 0 Å². The van der Waals surface area contributed by atoms with Crippen LogP contribution in [-0.4, -0.2) is 23.7 Å². The summed E-state index contributed by atoms with van der Waals surface area (Å²) in [7, 11) is 1.34. The molecule has 1 aromatic heterocycles. The Labute approximate surface area is 93.6 Å². The minimum Gasteiger partial charge on any atom is -0.468 e. The van der Waals surface area contributed by atoms with Crippen molar-refractivity contribution in [3.05, 3.63) is 36.5 Å². The Morgan fingerprint density at radius 2 is 2.19 bits per heavy atom. The molecule has 16 heavy (non-hydrogen) atoms. The highest BCUT2D eigenvalue weighted by atomic mass is 16.5. The number of para-hydroxylation sites is 1. The Morgan fingerprint density at radius 3 is 2.94 bits per heavy atom. The smallest absolute Gasteiger partial charge is 0.324 e. The lowest BCUT2D eigenvalue weighted by Gasteiger charge is -2.11. The lowest BCUT2D eigenvalue weighted by atomic mass is 10.2. The summed E-state index contributed by atoms with van der Waals surface area (Å²) in [5.74, 6) is -0.391. The molecule has 2 aromatic rings. The van der Waals surface area contributed by atoms with Crippen molar-refractivity contribution in [2.45, 2.75) is 12.6 Å². The Kier molecular flexibility index (Phi) is 2.92. The standard InChI is InChI=1S/C12H14N2O2/c1-16-12(15)10(13)8-14-7-6-9-4-2-3-5-11(9)14/h2-7,10H,8,13H2,1H3. The van der Waals surface area contributed by atoms with Gasteiger partial charge in [-0.05, 0) is 17.5 Å². The zero-order valence-electron chi connectivity index (χ0n) is 9.09. The van der Waals surface area contributed by atoms with Crippen LogP contribution in [0, 0.1) is 0 Å². The first-order valence-electron chi connectivity index (χ1n) is 5.09. The molecule has 2 N–H and O–H groups in total. The number of ether oxygens (including phenoxy) is 1. The van der Waals surface area contributed by atoms with Gasteiger partial charge in [0.15, 0.2) is 0 Å². The fourth-order valence-electron chi connectivity index (χ4n) is 1.74. The summed E-state index contributed by atoms with van der Waals surface area (Å²) in [4.78, 5) is 11.2. The van der Waals surface area contributed by atoms with Gasteiger partial charge in [0.25, 0.3) is 0 Å². The third-order valence-electron chi connectivity index (χ3n) is 2.58. The normalized spacial score (nSPS) is 12.6. The van der Waals surface area contributed by atoms with Crippen molar-refractivity contribution < 1.29 is 9.53 Å². The molecule has 1 unspecified atom stereocenters. The number of carbonyl (C=O) groups excluding carboxylic acids is 1. The van der Waals surface area contributed by atoms with E-state index in [0.29, 0.717) is 6.54 Å². The molecule has 4 heteroatoms. The van der Waals surface area contributed by atoms with Gasteiger partial charge in [0, 0.05) is 18.3 Å². The van der Waals surface area contributed by atoms with E-state index in [9.17, 15) is 4.79 Å². The van der Waals surface area contributed by atoms with Gasteiger partial charge in [-0.1, -0.05) is 18.2 Å². The second-order valence-corrected chi connectivity index (χ2v) is 3.66. The molecule has 0 aliphatic heterocycles. The van der Waals surface area contributed by atoms with Crippen LogP contribution in [-0.2, 0) is 16.1 Å². The molecular weight excluding hydrogens is 204 g/mol. The molecule has 0 aliphatic rings. The van der Waals surface area contributed by atoms with Crippen LogP contribution in [0.25, 0.3) is 10.9 Å². The molecule has 0 radical (unpaired) electrons. The van der Waals surface area contributed by atoms with Crippen LogP contribution in [0.4, 0.5) is 0 Å². The van der Waals surface area contributed by atoms with Gasteiger partial charge < -0.3 is 15.0 Å². The molecule has 84 valence electrons. The monoisotopic (exact) mass is 218 g/mol. The van der Waals surface area contributed by atoms with Crippen LogP contribution in [0.1, 0.15) is 0 Å². The predicted molar refractivity (Wildman–Crippen MR) is 61.9 cm³/mol. The van der Waals surface area contributed by atoms with Gasteiger partial charge in [0.05, 0.1) is 7.11 Å². The number of nitrogens with two attached hydrogens (primary N) is 1. The number of benzene rings is 1. The highest BCUT2D eigenvalue weighted by Gasteiger charge is 2.14. The van der Waals surface area contributed by atoms with Gasteiger partial charge in [-0.25, -0.2) is 0 Å². The van der Waals surface area contributed by atoms with E-state index in [2.05, 4.69) is 4.74 Å². The molecule has 0 amide bonds. The van der Waals surface area contributed by atoms with E-state index in [0.717, 1.165) is 10.9 Å². The Hall–Kier alpha value is -1.81. The highest BCUT2D eigenvalue weighted by molar-refractivity contribution is 5.80. The van der Waals surface area contributed by atoms with Gasteiger partial charge >= 0.3 is 5.97 Å². The summed E-state index contributed by atoms with van der Waals surface area (Å²) in [6.45, 7) is 0.431. The summed E-state index contributed by atoms with van der Waals surface area (Å²) in [6, 6.07) is 9.34. The second kappa shape index (κ2) is 4.37. The van der Waals surface area contributed by atoms with E-state index in [-0.39, 0.29) is 0 Å². The minimum atomic E-state index is -0.624. The van der Waals surface area contributed by atoms with Crippen molar-refractivity contribution >= 4 is 16.9 Å². The fraction of sp³-hybridized carbons (Fsp3) is 0.250. The number of nitrogens with zero attached hydrogens (tertiary/aromatic N) is 1. The van der Waals surface area contributed by atoms with Crippen molar-refractivity contribution in [2.75, 3.05) is 7.11 Å². The van der Waals surface area contributed by atoms with Crippen LogP contribution in [0.15, 0.2) is 36.5 Å². The first-order chi connectivity index (χ1) is 7.72. The van der Waals surface area contributed by atoms with Gasteiger partial charge in [-0.2, -0.15) is 0 Å². The van der Waals surface area contributed by atoms with Crippen LogP contribution in [0.2, 0.25) is 0 Å². The zero-order chi connectivity index (χ0) is 11.5. The molecule has 1 atom stereocenters. The summed E-state index contributed by atoms with van der Waals surface area (Å²) in [5.41, 5.74) is 6.79. The first-order valence-corrected chi connectivity index (χ1v) is 5.09. The summed E-state index contributed by atoms with van der Waals surface area (Å²) in [6.07, 6.45) is 1.92. The number of aromatic nitrogens is 1. The van der Waals surface area contributed by atoms with Crippen LogP contribution < -0.4 is 5.73 Å². The molecule has 2 rings (SSSR count). The number of fused-ring (bicyclic) bond motifs is 1. The molecule has 0 spiro atoms. The zero-order valence-corrected chi connectivity index (χ0v) is 9.09. The summed E-state index contributed by atoms with van der Waals surface area (Å²) < 4.78 is 6.55. The van der Waals surface area contributed by atoms with Crippen molar-refractivity contribution in [2.24, 2.45) is 5.73 Å². The largest absolute Gasteiger partial charge is 0.468 e. The molecule has 0 aliphatic carbocycles. The third kappa shape index (κ3) is 1.92. The average Bonchev–Trinajstić information content (AvgIpc) is 2.72. The van der Waals surface area contributed by atoms with Crippen molar-refractivity contribution in [1.29, 1.82) is 0 Å². The number of rotatable bonds is 3. The number of hydrogen-bond acceptors (Lipinski definition) is 3. The topological polar surface area (TPSA) is 57.2 Å².